The number of nitrogens with two attached hydrogens (primary N) is 1. The summed E-state index contributed by atoms with van der Waals surface area (Å²) in [5, 5.41) is 8.24. The van der Waals surface area contributed by atoms with Crippen LogP contribution in [0.2, 0.25) is 0 Å². The lowest BCUT2D eigenvalue weighted by atomic mass is 10.0. The number of aromatic amines is 1. The highest BCUT2D eigenvalue weighted by Crippen LogP contribution is 2.30. The number of pyridine rings is 1. The molecule has 3 rings (SSSR count). The highest BCUT2D eigenvalue weighted by molar-refractivity contribution is 5.94. The molecule has 0 saturated heterocycles. The van der Waals surface area contributed by atoms with Gasteiger partial charge in [0.05, 0.1) is 11.2 Å². The fourth-order valence-corrected chi connectivity index (χ4v) is 2.28. The van der Waals surface area contributed by atoms with Crippen LogP contribution in [0, 0.1) is 0 Å². The van der Waals surface area contributed by atoms with Crippen molar-refractivity contribution in [2.45, 2.75) is 13.3 Å². The van der Waals surface area contributed by atoms with Crippen LogP contribution in [0.25, 0.3) is 22.2 Å². The summed E-state index contributed by atoms with van der Waals surface area (Å²) in [5.41, 5.74) is 10.0. The fraction of sp³-hybridized carbons (Fsp3) is 0.143. The standard InChI is InChI=1S/C14H14N4/c1-2-9-13(17-18-14(9)15)11-5-3-7-12-10(11)6-4-8-16-12/h3-8H,2H2,1H3,(H3,15,17,18). The summed E-state index contributed by atoms with van der Waals surface area (Å²) in [6.45, 7) is 2.08. The third kappa shape index (κ3) is 1.54. The summed E-state index contributed by atoms with van der Waals surface area (Å²) in [7, 11) is 0. The van der Waals surface area contributed by atoms with Crippen LogP contribution in [0.1, 0.15) is 12.5 Å². The van der Waals surface area contributed by atoms with Crippen LogP contribution in [0.3, 0.4) is 0 Å². The van der Waals surface area contributed by atoms with Crippen LogP contribution < -0.4 is 5.73 Å². The zero-order chi connectivity index (χ0) is 12.5. The van der Waals surface area contributed by atoms with Crippen LogP contribution in [0.4, 0.5) is 5.82 Å². The second-order valence-electron chi connectivity index (χ2n) is 4.19. The van der Waals surface area contributed by atoms with Crippen molar-refractivity contribution in [1.29, 1.82) is 0 Å². The number of nitrogen functional groups attached to an aromatic ring is 1. The molecule has 0 radical (unpaired) electrons. The first-order valence-electron chi connectivity index (χ1n) is 5.98. The number of anilines is 1. The van der Waals surface area contributed by atoms with Gasteiger partial charge in [-0.15, -0.1) is 0 Å². The SMILES string of the molecule is CCc1c(N)n[nH]c1-c1cccc2ncccc12. The van der Waals surface area contributed by atoms with E-state index in [4.69, 9.17) is 5.73 Å². The van der Waals surface area contributed by atoms with E-state index in [1.54, 1.807) is 6.20 Å². The zero-order valence-corrected chi connectivity index (χ0v) is 10.1. The first kappa shape index (κ1) is 10.8. The fourth-order valence-electron chi connectivity index (χ4n) is 2.28. The quantitative estimate of drug-likeness (QED) is 0.721. The maximum absolute atomic E-state index is 5.88. The van der Waals surface area contributed by atoms with Crippen LogP contribution in [-0.4, -0.2) is 15.2 Å². The van der Waals surface area contributed by atoms with Gasteiger partial charge in [-0.1, -0.05) is 25.1 Å². The predicted molar refractivity (Wildman–Crippen MR) is 73.1 cm³/mol. The van der Waals surface area contributed by atoms with Crippen molar-refractivity contribution >= 4 is 16.7 Å². The number of rotatable bonds is 2. The van der Waals surface area contributed by atoms with Gasteiger partial charge in [-0.05, 0) is 18.6 Å². The molecule has 0 amide bonds. The lowest BCUT2D eigenvalue weighted by Crippen LogP contribution is -1.91. The minimum Gasteiger partial charge on any atom is -0.382 e. The third-order valence-corrected chi connectivity index (χ3v) is 3.17. The summed E-state index contributed by atoms with van der Waals surface area (Å²) >= 11 is 0. The number of nitrogens with one attached hydrogen (secondary N) is 1. The molecule has 1 aromatic carbocycles. The van der Waals surface area contributed by atoms with E-state index in [1.807, 2.05) is 18.2 Å². The van der Waals surface area contributed by atoms with Crippen molar-refractivity contribution in [3.63, 3.8) is 0 Å². The van der Waals surface area contributed by atoms with Crippen molar-refractivity contribution in [1.82, 2.24) is 15.2 Å². The number of hydrogen-bond donors (Lipinski definition) is 2. The summed E-state index contributed by atoms with van der Waals surface area (Å²) < 4.78 is 0. The monoisotopic (exact) mass is 238 g/mol. The number of benzene rings is 1. The molecule has 2 aromatic heterocycles. The van der Waals surface area contributed by atoms with Crippen molar-refractivity contribution in [3.05, 3.63) is 42.1 Å². The van der Waals surface area contributed by atoms with Crippen LogP contribution >= 0.6 is 0 Å². The molecule has 0 aliphatic rings. The van der Waals surface area contributed by atoms with Crippen LogP contribution in [0.15, 0.2) is 36.5 Å². The van der Waals surface area contributed by atoms with Crippen LogP contribution in [-0.2, 0) is 6.42 Å². The molecule has 0 bridgehead atoms. The van der Waals surface area contributed by atoms with Gasteiger partial charge in [-0.25, -0.2) is 0 Å². The van der Waals surface area contributed by atoms with E-state index in [0.717, 1.165) is 34.1 Å². The molecule has 0 unspecified atom stereocenters. The van der Waals surface area contributed by atoms with Crippen molar-refractivity contribution in [2.75, 3.05) is 5.73 Å². The van der Waals surface area contributed by atoms with E-state index in [0.29, 0.717) is 5.82 Å². The number of hydrogen-bond acceptors (Lipinski definition) is 3. The van der Waals surface area contributed by atoms with Gasteiger partial charge >= 0.3 is 0 Å². The second kappa shape index (κ2) is 4.14. The molecular weight excluding hydrogens is 224 g/mol. The lowest BCUT2D eigenvalue weighted by molar-refractivity contribution is 1.10. The molecule has 0 fully saturated rings. The smallest absolute Gasteiger partial charge is 0.149 e. The molecule has 0 aliphatic carbocycles. The van der Waals surface area contributed by atoms with Crippen LogP contribution in [0.5, 0.6) is 0 Å². The number of H-pyrrole nitrogens is 1. The average molecular weight is 238 g/mol. The largest absolute Gasteiger partial charge is 0.382 e. The first-order chi connectivity index (χ1) is 8.81. The van der Waals surface area contributed by atoms with E-state index in [9.17, 15) is 0 Å². The van der Waals surface area contributed by atoms with E-state index < -0.39 is 0 Å². The molecule has 0 aliphatic heterocycles. The molecule has 4 heteroatoms. The minimum absolute atomic E-state index is 0.577. The van der Waals surface area contributed by atoms with Gasteiger partial charge in [0, 0.05) is 22.7 Å². The second-order valence-corrected chi connectivity index (χ2v) is 4.19. The number of aromatic nitrogens is 3. The molecular formula is C14H14N4. The minimum atomic E-state index is 0.577. The van der Waals surface area contributed by atoms with Gasteiger partial charge in [0.15, 0.2) is 0 Å². The Morgan fingerprint density at radius 3 is 2.94 bits per heavy atom. The zero-order valence-electron chi connectivity index (χ0n) is 10.1. The topological polar surface area (TPSA) is 67.6 Å². The Morgan fingerprint density at radius 1 is 1.22 bits per heavy atom. The number of fused-ring (bicyclic) bond motifs is 1. The predicted octanol–water partition coefficient (Wildman–Crippen LogP) is 2.77. The third-order valence-electron chi connectivity index (χ3n) is 3.17. The lowest BCUT2D eigenvalue weighted by Gasteiger charge is -2.05. The van der Waals surface area contributed by atoms with Gasteiger partial charge in [-0.2, -0.15) is 5.10 Å². The summed E-state index contributed by atoms with van der Waals surface area (Å²) in [4.78, 5) is 4.36. The molecule has 0 atom stereocenters. The molecule has 2 heterocycles. The van der Waals surface area contributed by atoms with E-state index in [2.05, 4.69) is 34.2 Å². The summed E-state index contributed by atoms with van der Waals surface area (Å²) in [5.74, 6) is 0.577. The van der Waals surface area contributed by atoms with E-state index in [1.165, 1.54) is 0 Å². The maximum atomic E-state index is 5.88. The Bertz CT molecular complexity index is 695. The van der Waals surface area contributed by atoms with Gasteiger partial charge < -0.3 is 5.73 Å². The Labute approximate surface area is 105 Å². The first-order valence-corrected chi connectivity index (χ1v) is 5.98. The molecule has 3 N–H and O–H groups in total. The highest BCUT2D eigenvalue weighted by Gasteiger charge is 2.13. The summed E-state index contributed by atoms with van der Waals surface area (Å²) in [6.07, 6.45) is 2.66. The molecule has 90 valence electrons. The Morgan fingerprint density at radius 2 is 2.11 bits per heavy atom. The van der Waals surface area contributed by atoms with Gasteiger partial charge in [0.2, 0.25) is 0 Å². The van der Waals surface area contributed by atoms with E-state index >= 15 is 0 Å². The molecule has 3 aromatic rings. The van der Waals surface area contributed by atoms with Crippen molar-refractivity contribution in [3.8, 4) is 11.3 Å². The molecule has 0 saturated carbocycles. The maximum Gasteiger partial charge on any atom is 0.149 e. The van der Waals surface area contributed by atoms with Crippen molar-refractivity contribution < 1.29 is 0 Å². The normalized spacial score (nSPS) is 10.9. The Hall–Kier alpha value is -2.36. The molecule has 18 heavy (non-hydrogen) atoms. The highest BCUT2D eigenvalue weighted by atomic mass is 15.2. The Balaban J connectivity index is 2.31. The molecule has 0 spiro atoms. The van der Waals surface area contributed by atoms with Gasteiger partial charge in [0.25, 0.3) is 0 Å². The Kier molecular flexibility index (Phi) is 2.48. The van der Waals surface area contributed by atoms with Gasteiger partial charge in [-0.3, -0.25) is 10.1 Å². The molecule has 4 nitrogen and oxygen atoms in total. The number of nitrogens with zero attached hydrogens (tertiary/aromatic N) is 2. The van der Waals surface area contributed by atoms with E-state index in [-0.39, 0.29) is 0 Å². The van der Waals surface area contributed by atoms with Crippen molar-refractivity contribution in [2.24, 2.45) is 0 Å². The summed E-state index contributed by atoms with van der Waals surface area (Å²) in [6, 6.07) is 10.1. The average Bonchev–Trinajstić information content (AvgIpc) is 2.79. The van der Waals surface area contributed by atoms with Gasteiger partial charge in [0.1, 0.15) is 5.82 Å².